The molecule has 0 aromatic carbocycles. The number of hydrogen-bond donors (Lipinski definition) is 1. The number of halogens is 2. The van der Waals surface area contributed by atoms with E-state index in [1.165, 1.54) is 14.0 Å². The highest BCUT2D eigenvalue weighted by molar-refractivity contribution is 5.83. The summed E-state index contributed by atoms with van der Waals surface area (Å²) in [5, 5.41) is 8.62. The summed E-state index contributed by atoms with van der Waals surface area (Å²) in [5.41, 5.74) is 0. The fourth-order valence-electron chi connectivity index (χ4n) is 1.02. The molecule has 0 rings (SSSR count). The molecular weight excluding hydrogens is 222 g/mol. The summed E-state index contributed by atoms with van der Waals surface area (Å²) in [6, 6.07) is 0. The molecule has 0 spiro atoms. The Hall–Kier alpha value is -1.24. The molecule has 94 valence electrons. The van der Waals surface area contributed by atoms with Crippen molar-refractivity contribution in [2.45, 2.75) is 13.3 Å². The van der Waals surface area contributed by atoms with Gasteiger partial charge in [0.2, 0.25) is 11.8 Å². The summed E-state index contributed by atoms with van der Waals surface area (Å²) >= 11 is 0. The third-order valence-corrected chi connectivity index (χ3v) is 1.99. The third-order valence-electron chi connectivity index (χ3n) is 1.99. The minimum atomic E-state index is -2.65. The number of amides is 2. The summed E-state index contributed by atoms with van der Waals surface area (Å²) in [6.45, 7) is -0.263. The van der Waals surface area contributed by atoms with Crippen molar-refractivity contribution in [3.05, 3.63) is 0 Å². The van der Waals surface area contributed by atoms with E-state index in [1.807, 2.05) is 0 Å². The number of carbonyl (C=O) groups excluding carboxylic acids is 2. The van der Waals surface area contributed by atoms with Crippen molar-refractivity contribution in [3.8, 4) is 0 Å². The molecule has 0 aromatic heterocycles. The number of rotatable bonds is 6. The van der Waals surface area contributed by atoms with Crippen LogP contribution in [0.4, 0.5) is 8.78 Å². The fourth-order valence-corrected chi connectivity index (χ4v) is 1.02. The predicted octanol–water partition coefficient (Wildman–Crippen LogP) is -0.449. The van der Waals surface area contributed by atoms with Gasteiger partial charge in [-0.05, 0) is 0 Å². The Labute approximate surface area is 92.6 Å². The summed E-state index contributed by atoms with van der Waals surface area (Å²) in [7, 11) is 1.40. The van der Waals surface area contributed by atoms with Crippen LogP contribution >= 0.6 is 0 Å². The maximum absolute atomic E-state index is 12.1. The number of aliphatic hydroxyl groups is 1. The van der Waals surface area contributed by atoms with Gasteiger partial charge in [-0.25, -0.2) is 8.78 Å². The first kappa shape index (κ1) is 14.8. The number of likely N-dealkylation sites (N-methyl/N-ethyl adjacent to an activating group) is 1. The molecule has 0 unspecified atom stereocenters. The number of alkyl halides is 2. The Kier molecular flexibility index (Phi) is 6.55. The molecule has 0 heterocycles. The van der Waals surface area contributed by atoms with Crippen LogP contribution in [0.5, 0.6) is 0 Å². The van der Waals surface area contributed by atoms with Gasteiger partial charge >= 0.3 is 0 Å². The molecule has 0 aliphatic rings. The van der Waals surface area contributed by atoms with Crippen molar-refractivity contribution in [1.82, 2.24) is 9.80 Å². The van der Waals surface area contributed by atoms with Crippen molar-refractivity contribution in [3.63, 3.8) is 0 Å². The second-order valence-corrected chi connectivity index (χ2v) is 3.33. The largest absolute Gasteiger partial charge is 0.395 e. The lowest BCUT2D eigenvalue weighted by Gasteiger charge is -2.24. The van der Waals surface area contributed by atoms with Gasteiger partial charge in [-0.2, -0.15) is 0 Å². The zero-order chi connectivity index (χ0) is 12.7. The van der Waals surface area contributed by atoms with E-state index >= 15 is 0 Å². The average molecular weight is 238 g/mol. The molecule has 0 aromatic rings. The van der Waals surface area contributed by atoms with E-state index in [1.54, 1.807) is 0 Å². The van der Waals surface area contributed by atoms with E-state index < -0.39 is 18.9 Å². The second-order valence-electron chi connectivity index (χ2n) is 3.33. The molecule has 0 aliphatic carbocycles. The lowest BCUT2D eigenvalue weighted by atomic mass is 10.4. The topological polar surface area (TPSA) is 60.9 Å². The normalized spacial score (nSPS) is 10.4. The van der Waals surface area contributed by atoms with Crippen molar-refractivity contribution >= 4 is 11.8 Å². The van der Waals surface area contributed by atoms with Crippen molar-refractivity contribution in [2.24, 2.45) is 0 Å². The van der Waals surface area contributed by atoms with Gasteiger partial charge in [0.15, 0.2) is 0 Å². The molecule has 0 radical (unpaired) electrons. The molecule has 0 saturated heterocycles. The van der Waals surface area contributed by atoms with Gasteiger partial charge in [0.25, 0.3) is 6.43 Å². The van der Waals surface area contributed by atoms with E-state index in [0.29, 0.717) is 0 Å². The van der Waals surface area contributed by atoms with Crippen LogP contribution in [0.15, 0.2) is 0 Å². The van der Waals surface area contributed by atoms with Crippen LogP contribution in [0.3, 0.4) is 0 Å². The average Bonchev–Trinajstić information content (AvgIpc) is 2.16. The zero-order valence-corrected chi connectivity index (χ0v) is 9.32. The molecule has 7 heteroatoms. The predicted molar refractivity (Wildman–Crippen MR) is 53.0 cm³/mol. The first-order valence-corrected chi connectivity index (χ1v) is 4.77. The molecule has 5 nitrogen and oxygen atoms in total. The second kappa shape index (κ2) is 7.10. The Morgan fingerprint density at radius 2 is 1.94 bits per heavy atom. The number of nitrogens with zero attached hydrogens (tertiary/aromatic N) is 2. The highest BCUT2D eigenvalue weighted by Gasteiger charge is 2.19. The monoisotopic (exact) mass is 238 g/mol. The quantitative estimate of drug-likeness (QED) is 0.682. The van der Waals surface area contributed by atoms with E-state index in [0.717, 1.165) is 9.80 Å². The lowest BCUT2D eigenvalue weighted by Crippen LogP contribution is -2.43. The van der Waals surface area contributed by atoms with Crippen LogP contribution < -0.4 is 0 Å². The maximum atomic E-state index is 12.1. The lowest BCUT2D eigenvalue weighted by molar-refractivity contribution is -0.139. The smallest absolute Gasteiger partial charge is 0.255 e. The fraction of sp³-hybridized carbons (Fsp3) is 0.778. The molecule has 16 heavy (non-hydrogen) atoms. The van der Waals surface area contributed by atoms with Gasteiger partial charge < -0.3 is 14.9 Å². The Morgan fingerprint density at radius 3 is 2.31 bits per heavy atom. The standard InChI is InChI=1S/C9H16F2N2O3/c1-7(15)12(2)6-9(16)13(3-4-14)5-8(10)11/h8,14H,3-6H2,1-2H3. The molecular formula is C9H16F2N2O3. The third kappa shape index (κ3) is 5.59. The van der Waals surface area contributed by atoms with Gasteiger partial charge in [0, 0.05) is 20.5 Å². The van der Waals surface area contributed by atoms with E-state index in [4.69, 9.17) is 5.11 Å². The first-order chi connectivity index (χ1) is 7.38. The van der Waals surface area contributed by atoms with Crippen molar-refractivity contribution in [2.75, 3.05) is 33.3 Å². The van der Waals surface area contributed by atoms with Crippen molar-refractivity contribution in [1.29, 1.82) is 0 Å². The maximum Gasteiger partial charge on any atom is 0.255 e. The number of hydrogen-bond acceptors (Lipinski definition) is 3. The molecule has 1 N–H and O–H groups in total. The van der Waals surface area contributed by atoms with E-state index in [-0.39, 0.29) is 25.6 Å². The summed E-state index contributed by atoms with van der Waals surface area (Å²) in [5.74, 6) is -0.929. The number of aliphatic hydroxyl groups excluding tert-OH is 1. The highest BCUT2D eigenvalue weighted by atomic mass is 19.3. The minimum absolute atomic E-state index is 0.158. The van der Waals surface area contributed by atoms with Crippen LogP contribution in [0.25, 0.3) is 0 Å². The Morgan fingerprint density at radius 1 is 1.38 bits per heavy atom. The van der Waals surface area contributed by atoms with Crippen molar-refractivity contribution < 1.29 is 23.5 Å². The zero-order valence-electron chi connectivity index (χ0n) is 9.32. The Balaban J connectivity index is 4.31. The van der Waals surface area contributed by atoms with Gasteiger partial charge in [0.05, 0.1) is 19.7 Å². The van der Waals surface area contributed by atoms with Gasteiger partial charge in [0.1, 0.15) is 0 Å². The van der Waals surface area contributed by atoms with Crippen LogP contribution in [0, 0.1) is 0 Å². The summed E-state index contributed by atoms with van der Waals surface area (Å²) in [4.78, 5) is 24.3. The molecule has 0 saturated carbocycles. The summed E-state index contributed by atoms with van der Waals surface area (Å²) in [6.07, 6.45) is -2.65. The SMILES string of the molecule is CC(=O)N(C)CC(=O)N(CCO)CC(F)F. The number of carbonyl (C=O) groups is 2. The van der Waals surface area contributed by atoms with Crippen LogP contribution in [-0.4, -0.2) is 66.4 Å². The molecule has 0 atom stereocenters. The first-order valence-electron chi connectivity index (χ1n) is 4.77. The van der Waals surface area contributed by atoms with E-state index in [2.05, 4.69) is 0 Å². The van der Waals surface area contributed by atoms with E-state index in [9.17, 15) is 18.4 Å². The molecule has 0 bridgehead atoms. The van der Waals surface area contributed by atoms with Crippen LogP contribution in [0.2, 0.25) is 0 Å². The highest BCUT2D eigenvalue weighted by Crippen LogP contribution is 2.00. The van der Waals surface area contributed by atoms with Gasteiger partial charge in [-0.15, -0.1) is 0 Å². The van der Waals surface area contributed by atoms with Gasteiger partial charge in [-0.3, -0.25) is 9.59 Å². The molecule has 2 amide bonds. The molecule has 0 aliphatic heterocycles. The summed E-state index contributed by atoms with van der Waals surface area (Å²) < 4.78 is 24.2. The van der Waals surface area contributed by atoms with Crippen LogP contribution in [0.1, 0.15) is 6.92 Å². The molecule has 0 fully saturated rings. The Bertz CT molecular complexity index is 249. The minimum Gasteiger partial charge on any atom is -0.395 e. The van der Waals surface area contributed by atoms with Gasteiger partial charge in [-0.1, -0.05) is 0 Å². The van der Waals surface area contributed by atoms with Crippen LogP contribution in [-0.2, 0) is 9.59 Å².